The van der Waals surface area contributed by atoms with E-state index in [-0.39, 0.29) is 99.3 Å². The first-order valence-corrected chi connectivity index (χ1v) is 43.4. The first-order chi connectivity index (χ1) is 62.0. The molecule has 0 aromatic heterocycles. The fourth-order valence-electron chi connectivity index (χ4n) is 14.1. The molecule has 1 aliphatic carbocycles. The number of carbonyl (C=O) groups excluding carboxylic acids is 7. The van der Waals surface area contributed by atoms with Crippen LogP contribution >= 0.6 is 0 Å². The number of anilines is 1. The van der Waals surface area contributed by atoms with E-state index in [9.17, 15) is 111 Å². The van der Waals surface area contributed by atoms with Gasteiger partial charge >= 0.3 is 71.6 Å². The lowest BCUT2D eigenvalue weighted by Gasteiger charge is -2.39. The lowest BCUT2D eigenvalue weighted by molar-refractivity contribution is -0.440. The van der Waals surface area contributed by atoms with Crippen molar-refractivity contribution >= 4 is 58.0 Å². The average molecular weight is 1960 g/mol. The van der Waals surface area contributed by atoms with E-state index < -0.39 is 201 Å². The van der Waals surface area contributed by atoms with Crippen LogP contribution in [-0.2, 0) is 28.8 Å². The van der Waals surface area contributed by atoms with Gasteiger partial charge in [-0.15, -0.1) is 0 Å². The Balaban J connectivity index is 1.97. The number of amides is 7. The van der Waals surface area contributed by atoms with Crippen molar-refractivity contribution in [2.45, 2.75) is 239 Å². The number of hydrogen-bond donors (Lipinski definition) is 8. The molecule has 49 heteroatoms. The van der Waals surface area contributed by atoms with Gasteiger partial charge < -0.3 is 79.3 Å². The number of nitrogens with two attached hydrogens (primary N) is 7. The van der Waals surface area contributed by atoms with Crippen molar-refractivity contribution in [2.24, 2.45) is 45.1 Å². The number of fused-ring (bicyclic) bond motifs is 2. The minimum absolute atomic E-state index is 0.0306. The largest absolute Gasteiger partial charge is 0.460 e. The Kier molecular flexibility index (Phi) is 45.5. The van der Waals surface area contributed by atoms with E-state index in [0.717, 1.165) is 46.6 Å². The van der Waals surface area contributed by atoms with Crippen LogP contribution in [0.4, 0.5) is 120 Å². The molecule has 4 rings (SSSR count). The van der Waals surface area contributed by atoms with Gasteiger partial charge in [0.25, 0.3) is 5.91 Å². The van der Waals surface area contributed by atoms with Gasteiger partial charge in [-0.05, 0) is 152 Å². The van der Waals surface area contributed by atoms with Gasteiger partial charge in [-0.2, -0.15) is 114 Å². The van der Waals surface area contributed by atoms with Gasteiger partial charge in [-0.25, -0.2) is 0 Å². The van der Waals surface area contributed by atoms with Crippen LogP contribution in [0.1, 0.15) is 177 Å². The van der Waals surface area contributed by atoms with Gasteiger partial charge in [0.2, 0.25) is 35.4 Å². The summed E-state index contributed by atoms with van der Waals surface area (Å²) in [5, 5.41) is 0.929. The fourth-order valence-corrected chi connectivity index (χ4v) is 14.1. The lowest BCUT2D eigenvalue weighted by Crippen LogP contribution is -2.70. The molecule has 133 heavy (non-hydrogen) atoms. The molecule has 0 saturated carbocycles. The SMILES string of the molecule is NCCCCCCN(CC(N)=O)C(=O)CN(CCCCCCN)C(=O)CN(CCCCCCN)C(=O)CN(CCCCCCN)C(=O)CN(CCCCCCN)C(=O)CN(CCCCCCN)C(=O)c1ccccc1-c1c2ccc(=NCCC(F)(F)C(F)(F)C(F)(F)C(F)(F)C(F)(F)C(F)(F)F)cc-2oc2cc(NCCC(F)(F)C(F)(F)C(F)(F)C(F)(F)C(F)(F)C(F)(F)F)ccc12. The zero-order valence-corrected chi connectivity index (χ0v) is 73.1. The van der Waals surface area contributed by atoms with Crippen LogP contribution in [0.2, 0.25) is 0 Å². The topological polar surface area (TPSA) is 359 Å². The molecular weight excluding hydrogens is 1840 g/mol. The molecule has 0 radical (unpaired) electrons. The third-order valence-electron chi connectivity index (χ3n) is 21.9. The van der Waals surface area contributed by atoms with Crippen molar-refractivity contribution in [3.8, 4) is 22.5 Å². The predicted molar refractivity (Wildman–Crippen MR) is 441 cm³/mol. The van der Waals surface area contributed by atoms with Gasteiger partial charge in [0.15, 0.2) is 0 Å². The second kappa shape index (κ2) is 51.9. The number of benzene rings is 3. The van der Waals surface area contributed by atoms with Gasteiger partial charge in [-0.1, -0.05) is 95.2 Å². The van der Waals surface area contributed by atoms with Crippen LogP contribution in [0.15, 0.2) is 70.1 Å². The first kappa shape index (κ1) is 116. The van der Waals surface area contributed by atoms with E-state index >= 15 is 36.7 Å². The highest BCUT2D eigenvalue weighted by Gasteiger charge is 2.92. The van der Waals surface area contributed by atoms with Crippen LogP contribution in [0.25, 0.3) is 33.4 Å². The molecular formula is C84H117F26N15O8. The van der Waals surface area contributed by atoms with Crippen molar-refractivity contribution in [1.82, 2.24) is 29.4 Å². The number of carbonyl (C=O) groups is 7. The van der Waals surface area contributed by atoms with Crippen molar-refractivity contribution in [2.75, 3.05) is 136 Å². The van der Waals surface area contributed by atoms with E-state index in [0.29, 0.717) is 161 Å². The maximum Gasteiger partial charge on any atom is 0.460 e. The summed E-state index contributed by atoms with van der Waals surface area (Å²) < 4.78 is 373. The van der Waals surface area contributed by atoms with E-state index in [1.165, 1.54) is 43.9 Å². The molecule has 2 aromatic rings. The zero-order valence-electron chi connectivity index (χ0n) is 73.1. The number of primary amides is 1. The highest BCUT2D eigenvalue weighted by atomic mass is 19.4. The second-order valence-corrected chi connectivity index (χ2v) is 32.2. The van der Waals surface area contributed by atoms with E-state index in [1.807, 2.05) is 5.32 Å². The summed E-state index contributed by atoms with van der Waals surface area (Å²) in [7, 11) is 0. The van der Waals surface area contributed by atoms with Crippen LogP contribution in [0.5, 0.6) is 0 Å². The number of unbranched alkanes of at least 4 members (excludes halogenated alkanes) is 18. The quantitative estimate of drug-likeness (QED) is 0.0116. The Hall–Kier alpha value is -8.84. The smallest absolute Gasteiger partial charge is 0.456 e. The maximum atomic E-state index is 15.8. The van der Waals surface area contributed by atoms with Gasteiger partial charge in [-0.3, -0.25) is 38.6 Å². The average Bonchev–Trinajstić information content (AvgIpc) is 0.714. The summed E-state index contributed by atoms with van der Waals surface area (Å²) in [6, 6.07) is 10.0. The van der Waals surface area contributed by atoms with Crippen LogP contribution in [0.3, 0.4) is 0 Å². The number of alkyl halides is 26. The number of halogens is 26. The number of rotatable bonds is 65. The van der Waals surface area contributed by atoms with Gasteiger partial charge in [0.1, 0.15) is 17.9 Å². The molecule has 0 saturated heterocycles. The number of hydrogen-bond acceptors (Lipinski definition) is 16. The zero-order chi connectivity index (χ0) is 100. The van der Waals surface area contributed by atoms with Crippen LogP contribution in [-0.4, -0.2) is 273 Å². The lowest BCUT2D eigenvalue weighted by atomic mass is 9.90. The van der Waals surface area contributed by atoms with Crippen molar-refractivity contribution in [1.29, 1.82) is 0 Å². The molecule has 15 N–H and O–H groups in total. The fraction of sp³-hybridized carbons (Fsp3) is 0.690. The summed E-state index contributed by atoms with van der Waals surface area (Å²) in [5.74, 6) is -83.8. The molecule has 1 aliphatic heterocycles. The minimum atomic E-state index is -8.26. The summed E-state index contributed by atoms with van der Waals surface area (Å²) in [6.07, 6.45) is -9.05. The van der Waals surface area contributed by atoms with Crippen LogP contribution < -0.4 is 50.8 Å². The monoisotopic (exact) mass is 1960 g/mol. The minimum Gasteiger partial charge on any atom is -0.456 e. The predicted octanol–water partition coefficient (Wildman–Crippen LogP) is 15.0. The third-order valence-corrected chi connectivity index (χ3v) is 21.9. The molecule has 0 unspecified atom stereocenters. The molecule has 0 atom stereocenters. The van der Waals surface area contributed by atoms with E-state index in [1.54, 1.807) is 0 Å². The molecule has 2 aromatic carbocycles. The highest BCUT2D eigenvalue weighted by Crippen LogP contribution is 2.63. The molecule has 0 fully saturated rings. The Bertz CT molecular complexity index is 4360. The first-order valence-electron chi connectivity index (χ1n) is 43.4. The maximum absolute atomic E-state index is 15.8. The molecule has 758 valence electrons. The highest BCUT2D eigenvalue weighted by molar-refractivity contribution is 6.10. The molecule has 0 spiro atoms. The van der Waals surface area contributed by atoms with Crippen molar-refractivity contribution in [3.05, 3.63) is 71.6 Å². The molecule has 1 heterocycles. The van der Waals surface area contributed by atoms with Gasteiger partial charge in [0, 0.05) is 105 Å². The summed E-state index contributed by atoms with van der Waals surface area (Å²) in [5.41, 5.74) is 37.8. The van der Waals surface area contributed by atoms with E-state index in [4.69, 9.17) is 44.6 Å². The summed E-state index contributed by atoms with van der Waals surface area (Å²) >= 11 is 0. The Morgan fingerprint density at radius 3 is 0.992 bits per heavy atom. The van der Waals surface area contributed by atoms with Crippen molar-refractivity contribution in [3.63, 3.8) is 0 Å². The molecule has 2 aliphatic rings. The van der Waals surface area contributed by atoms with Gasteiger partial charge in [0.05, 0.1) is 38.1 Å². The summed E-state index contributed by atoms with van der Waals surface area (Å²) in [4.78, 5) is 114. The normalized spacial score (nSPS) is 13.3. The molecule has 7 amide bonds. The third kappa shape index (κ3) is 30.8. The Morgan fingerprint density at radius 2 is 0.647 bits per heavy atom. The Morgan fingerprint density at radius 1 is 0.331 bits per heavy atom. The summed E-state index contributed by atoms with van der Waals surface area (Å²) in [6.45, 7) is -6.02. The van der Waals surface area contributed by atoms with E-state index in [2.05, 4.69) is 4.99 Å². The second-order valence-electron chi connectivity index (χ2n) is 32.2. The number of nitrogens with one attached hydrogen (secondary N) is 1. The van der Waals surface area contributed by atoms with Crippen molar-refractivity contribution < 1.29 is 152 Å². The molecule has 0 bridgehead atoms. The van der Waals surface area contributed by atoms with Crippen LogP contribution in [0, 0.1) is 0 Å². The Labute approximate surface area is 751 Å². The standard InChI is InChI=1S/C84H117F26N15O8/c85-73(86,75(89,90)77(93,94)79(97,98)81(101,102)83(105,106)107)33-41-118-57-29-31-61-63(49-57)133-64-50-58(119-42-34-74(87,88)76(91,92)78(95,96)80(99,100)82(103,104)84(108,109)110)30-32-62(64)71(61)59-27-13-14-28-60(59)72(132)125(48-26-12-6-20-40-116)56-70(131)124(47-25-11-5-19-39-115)55-69(130)123(46-24-10-4-18-38-114)54-68(129)122(45-23-9-3-17-37-113)53-67(128)121(44-22-8-2-16-36-112)52-66(127)120(51-65(117)126)43-21-7-1-15-35-111/h13-14,27-32,49-50,118H,1-12,15-26,33-48,51-56,111-116H2,(H2,117,126). The molecule has 23 nitrogen and oxygen atoms in total. The number of nitrogens with zero attached hydrogens (tertiary/aromatic N) is 7.